The number of ether oxygens (including phenoxy) is 1. The van der Waals surface area contributed by atoms with Crippen LogP contribution in [0.15, 0.2) is 24.3 Å². The van der Waals surface area contributed by atoms with E-state index in [2.05, 4.69) is 24.5 Å². The van der Waals surface area contributed by atoms with Gasteiger partial charge in [0.05, 0.1) is 6.42 Å². The smallest absolute Gasteiger partial charge is 0.308 e. The quantitative estimate of drug-likeness (QED) is 0.615. The lowest BCUT2D eigenvalue weighted by atomic mass is 9.49. The molecule has 0 spiro atoms. The van der Waals surface area contributed by atoms with E-state index in [1.165, 1.54) is 19.3 Å². The van der Waals surface area contributed by atoms with E-state index < -0.39 is 5.97 Å². The molecule has 2 N–H and O–H groups in total. The van der Waals surface area contributed by atoms with E-state index in [0.717, 1.165) is 30.5 Å². The highest BCUT2D eigenvalue weighted by Crippen LogP contribution is 2.60. The Bertz CT molecular complexity index is 812. The number of esters is 1. The Balaban J connectivity index is 1.18. The van der Waals surface area contributed by atoms with Crippen molar-refractivity contribution in [3.63, 3.8) is 0 Å². The molecule has 0 aliphatic heterocycles. The zero-order valence-corrected chi connectivity index (χ0v) is 18.6. The second-order valence-electron chi connectivity index (χ2n) is 10.2. The first-order valence-electron chi connectivity index (χ1n) is 11.7. The largest absolute Gasteiger partial charge is 0.456 e. The van der Waals surface area contributed by atoms with Crippen LogP contribution < -0.4 is 10.6 Å². The second-order valence-corrected chi connectivity index (χ2v) is 10.2. The summed E-state index contributed by atoms with van der Waals surface area (Å²) in [4.78, 5) is 37.1. The van der Waals surface area contributed by atoms with Crippen LogP contribution in [0.4, 0.5) is 5.69 Å². The second kappa shape index (κ2) is 9.01. The van der Waals surface area contributed by atoms with Crippen LogP contribution in [0.1, 0.15) is 70.3 Å². The topological polar surface area (TPSA) is 84.5 Å². The molecule has 4 aliphatic rings. The first-order chi connectivity index (χ1) is 14.8. The van der Waals surface area contributed by atoms with Crippen LogP contribution in [0.3, 0.4) is 0 Å². The number of hydrogen-bond donors (Lipinski definition) is 2. The number of anilines is 1. The molecular weight excluding hydrogens is 392 g/mol. The van der Waals surface area contributed by atoms with Gasteiger partial charge in [-0.1, -0.05) is 32.0 Å². The highest BCUT2D eigenvalue weighted by molar-refractivity contribution is 5.93. The molecule has 4 bridgehead atoms. The van der Waals surface area contributed by atoms with Crippen molar-refractivity contribution in [2.75, 3.05) is 18.5 Å². The van der Waals surface area contributed by atoms with E-state index in [1.54, 1.807) is 0 Å². The van der Waals surface area contributed by atoms with Crippen molar-refractivity contribution in [3.05, 3.63) is 29.8 Å². The molecule has 4 saturated carbocycles. The monoisotopic (exact) mass is 426 g/mol. The van der Waals surface area contributed by atoms with Crippen LogP contribution in [0.5, 0.6) is 0 Å². The first-order valence-corrected chi connectivity index (χ1v) is 11.7. The van der Waals surface area contributed by atoms with Crippen LogP contribution in [-0.2, 0) is 19.1 Å². The van der Waals surface area contributed by atoms with E-state index in [1.807, 2.05) is 24.3 Å². The summed E-state index contributed by atoms with van der Waals surface area (Å²) in [6, 6.07) is 7.61. The fourth-order valence-electron chi connectivity index (χ4n) is 6.37. The molecule has 1 aromatic carbocycles. The highest BCUT2D eigenvalue weighted by atomic mass is 16.5. The third-order valence-electron chi connectivity index (χ3n) is 7.36. The molecule has 0 unspecified atom stereocenters. The van der Waals surface area contributed by atoms with Gasteiger partial charge in [0.2, 0.25) is 5.91 Å². The number of rotatable bonds is 8. The Hall–Kier alpha value is -2.37. The minimum absolute atomic E-state index is 0.0773. The van der Waals surface area contributed by atoms with Crippen molar-refractivity contribution >= 4 is 23.5 Å². The molecule has 4 aliphatic carbocycles. The summed E-state index contributed by atoms with van der Waals surface area (Å²) >= 11 is 0. The molecule has 31 heavy (non-hydrogen) atoms. The Morgan fingerprint density at radius 1 is 1.03 bits per heavy atom. The lowest BCUT2D eigenvalue weighted by molar-refractivity contribution is -0.148. The van der Waals surface area contributed by atoms with E-state index in [-0.39, 0.29) is 42.7 Å². The summed E-state index contributed by atoms with van der Waals surface area (Å²) in [5, 5.41) is 5.79. The van der Waals surface area contributed by atoms with Gasteiger partial charge in [-0.25, -0.2) is 0 Å². The SMILES string of the molecule is CC(C)c1ccccc1NC(=O)COC(=O)CCNC(=O)C12CC3CC(CC(C3)C1)C2. The van der Waals surface area contributed by atoms with Crippen LogP contribution in [-0.4, -0.2) is 30.9 Å². The molecule has 5 rings (SSSR count). The summed E-state index contributed by atoms with van der Waals surface area (Å²) < 4.78 is 5.11. The predicted molar refractivity (Wildman–Crippen MR) is 118 cm³/mol. The summed E-state index contributed by atoms with van der Waals surface area (Å²) in [5.41, 5.74) is 1.57. The summed E-state index contributed by atoms with van der Waals surface area (Å²) in [6.07, 6.45) is 6.98. The standard InChI is InChI=1S/C25H34N2O4/c1-16(2)20-5-3-4-6-21(20)27-22(28)15-31-23(29)7-8-26-24(30)25-12-17-9-18(13-25)11-19(10-17)14-25/h3-6,16-19H,7-15H2,1-2H3,(H,26,30)(H,27,28). The normalized spacial score (nSPS) is 28.4. The van der Waals surface area contributed by atoms with Gasteiger partial charge < -0.3 is 15.4 Å². The maximum Gasteiger partial charge on any atom is 0.308 e. The minimum atomic E-state index is -0.474. The van der Waals surface area contributed by atoms with Gasteiger partial charge in [0.25, 0.3) is 5.91 Å². The van der Waals surface area contributed by atoms with Crippen LogP contribution in [0, 0.1) is 23.2 Å². The van der Waals surface area contributed by atoms with E-state index in [0.29, 0.717) is 17.8 Å². The maximum atomic E-state index is 12.9. The third-order valence-corrected chi connectivity index (χ3v) is 7.36. The molecule has 1 aromatic rings. The van der Waals surface area contributed by atoms with Crippen molar-refractivity contribution in [1.29, 1.82) is 0 Å². The van der Waals surface area contributed by atoms with Gasteiger partial charge in [-0.05, 0) is 73.8 Å². The Labute approximate surface area is 184 Å². The van der Waals surface area contributed by atoms with E-state index >= 15 is 0 Å². The van der Waals surface area contributed by atoms with Gasteiger partial charge in [-0.3, -0.25) is 14.4 Å². The minimum Gasteiger partial charge on any atom is -0.456 e. The molecule has 0 atom stereocenters. The fraction of sp³-hybridized carbons (Fsp3) is 0.640. The number of benzene rings is 1. The number of carbonyl (C=O) groups excluding carboxylic acids is 3. The molecule has 168 valence electrons. The molecular formula is C25H34N2O4. The number of amides is 2. The Kier molecular flexibility index (Phi) is 6.35. The van der Waals surface area contributed by atoms with Crippen molar-refractivity contribution < 1.29 is 19.1 Å². The van der Waals surface area contributed by atoms with Gasteiger partial charge in [0.1, 0.15) is 0 Å². The van der Waals surface area contributed by atoms with Crippen LogP contribution in [0.25, 0.3) is 0 Å². The zero-order chi connectivity index (χ0) is 22.0. The van der Waals surface area contributed by atoms with Crippen molar-refractivity contribution in [2.45, 2.75) is 64.7 Å². The van der Waals surface area contributed by atoms with Crippen LogP contribution >= 0.6 is 0 Å². The molecule has 0 heterocycles. The summed E-state index contributed by atoms with van der Waals surface area (Å²) in [7, 11) is 0. The number of nitrogens with one attached hydrogen (secondary N) is 2. The molecule has 2 amide bonds. The van der Waals surface area contributed by atoms with Crippen molar-refractivity contribution in [3.8, 4) is 0 Å². The Morgan fingerprint density at radius 3 is 2.26 bits per heavy atom. The predicted octanol–water partition coefficient (Wildman–Crippen LogP) is 4.01. The van der Waals surface area contributed by atoms with Crippen molar-refractivity contribution in [2.24, 2.45) is 23.2 Å². The Morgan fingerprint density at radius 2 is 1.65 bits per heavy atom. The van der Waals surface area contributed by atoms with Gasteiger partial charge in [0, 0.05) is 17.6 Å². The van der Waals surface area contributed by atoms with Gasteiger partial charge in [-0.15, -0.1) is 0 Å². The first kappa shape index (κ1) is 21.8. The molecule has 6 nitrogen and oxygen atoms in total. The molecule has 4 fully saturated rings. The average Bonchev–Trinajstić information content (AvgIpc) is 2.71. The molecule has 6 heteroatoms. The van der Waals surface area contributed by atoms with Gasteiger partial charge in [0.15, 0.2) is 6.61 Å². The lowest BCUT2D eigenvalue weighted by Gasteiger charge is -2.55. The number of hydrogen-bond acceptors (Lipinski definition) is 4. The van der Waals surface area contributed by atoms with Gasteiger partial charge >= 0.3 is 5.97 Å². The highest BCUT2D eigenvalue weighted by Gasteiger charge is 2.54. The van der Waals surface area contributed by atoms with Gasteiger partial charge in [-0.2, -0.15) is 0 Å². The fourth-order valence-corrected chi connectivity index (χ4v) is 6.37. The maximum absolute atomic E-state index is 12.9. The summed E-state index contributed by atoms with van der Waals surface area (Å²) in [5.74, 6) is 1.68. The zero-order valence-electron chi connectivity index (χ0n) is 18.6. The molecule has 0 saturated heterocycles. The number of para-hydroxylation sites is 1. The van der Waals surface area contributed by atoms with Crippen LogP contribution in [0.2, 0.25) is 0 Å². The summed E-state index contributed by atoms with van der Waals surface area (Å²) in [6.45, 7) is 4.05. The van der Waals surface area contributed by atoms with Crippen molar-refractivity contribution in [1.82, 2.24) is 5.32 Å². The van der Waals surface area contributed by atoms with E-state index in [9.17, 15) is 14.4 Å². The third kappa shape index (κ3) is 4.94. The molecule has 0 radical (unpaired) electrons. The molecule has 0 aromatic heterocycles. The number of carbonyl (C=O) groups is 3. The lowest BCUT2D eigenvalue weighted by Crippen LogP contribution is -2.53. The average molecular weight is 427 g/mol. The van der Waals surface area contributed by atoms with E-state index in [4.69, 9.17) is 4.74 Å².